The van der Waals surface area contributed by atoms with Crippen LogP contribution in [0.2, 0.25) is 0 Å². The van der Waals surface area contributed by atoms with Crippen molar-refractivity contribution in [2.75, 3.05) is 0 Å². The Kier molecular flexibility index (Phi) is 6.04. The third-order valence-electron chi connectivity index (χ3n) is 11.7. The molecule has 0 spiro atoms. The molecule has 8 aromatic carbocycles. The summed E-state index contributed by atoms with van der Waals surface area (Å²) in [4.78, 5) is 10.5. The minimum atomic E-state index is 0.860. The monoisotopic (exact) mass is 729 g/mol. The topological polar surface area (TPSA) is 49.4 Å². The van der Waals surface area contributed by atoms with E-state index in [1.165, 1.54) is 21.8 Å². The lowest BCUT2D eigenvalue weighted by atomic mass is 10.0. The summed E-state index contributed by atoms with van der Waals surface area (Å²) in [6, 6.07) is 67.0. The van der Waals surface area contributed by atoms with Gasteiger partial charge in [0.15, 0.2) is 0 Å². The molecule has 5 heterocycles. The zero-order valence-corrected chi connectivity index (χ0v) is 30.5. The summed E-state index contributed by atoms with van der Waals surface area (Å²) in [7, 11) is 0. The normalized spacial score (nSPS) is 12.2. The number of fused-ring (bicyclic) bond motifs is 13. The number of hydrogen-bond acceptors (Lipinski definition) is 2. The number of rotatable bonds is 4. The largest absolute Gasteiger partial charge is 0.309 e. The molecular formula is C50H31N7. The Morgan fingerprint density at radius 1 is 0.298 bits per heavy atom. The number of imidazole rings is 4. The van der Waals surface area contributed by atoms with Crippen molar-refractivity contribution in [1.29, 1.82) is 0 Å². The maximum atomic E-state index is 5.34. The van der Waals surface area contributed by atoms with E-state index in [2.05, 4.69) is 211 Å². The maximum absolute atomic E-state index is 5.34. The molecule has 0 amide bonds. The molecule has 266 valence electrons. The van der Waals surface area contributed by atoms with Gasteiger partial charge in [-0.2, -0.15) is 0 Å². The fourth-order valence-corrected chi connectivity index (χ4v) is 9.35. The summed E-state index contributed by atoms with van der Waals surface area (Å²) in [6.45, 7) is 0. The molecular weight excluding hydrogens is 699 g/mol. The summed E-state index contributed by atoms with van der Waals surface area (Å²) < 4.78 is 11.6. The molecule has 7 nitrogen and oxygen atoms in total. The maximum Gasteiger partial charge on any atom is 0.220 e. The van der Waals surface area contributed by atoms with Gasteiger partial charge in [0.1, 0.15) is 0 Å². The second-order valence-corrected chi connectivity index (χ2v) is 14.7. The standard InChI is InChI=1S/C50H31N7/c1-7-21-39-33(15-1)34-16-2-8-22-40(34)54(39)41-23-9-3-17-35(41)36-18-4-10-24-42(36)55-47-30-29-32(31-48(47)57-44-26-12-6-20-38(44)52-50(55)57)53-45-27-13-14-28-46(45)56-43-25-11-5-19-37(43)51-49(53)56/h1-31H. The van der Waals surface area contributed by atoms with Gasteiger partial charge >= 0.3 is 0 Å². The average Bonchev–Trinajstić information content (AvgIpc) is 4.06. The molecule has 13 rings (SSSR count). The smallest absolute Gasteiger partial charge is 0.220 e. The van der Waals surface area contributed by atoms with E-state index in [1.807, 2.05) is 0 Å². The molecule has 0 atom stereocenters. The van der Waals surface area contributed by atoms with Crippen LogP contribution in [0.3, 0.4) is 0 Å². The van der Waals surface area contributed by atoms with Gasteiger partial charge in [0.2, 0.25) is 11.6 Å². The number of hydrogen-bond donors (Lipinski definition) is 0. The number of nitrogens with zero attached hydrogens (tertiary/aromatic N) is 7. The van der Waals surface area contributed by atoms with Crippen molar-refractivity contribution in [2.45, 2.75) is 0 Å². The average molecular weight is 730 g/mol. The summed E-state index contributed by atoms with van der Waals surface area (Å²) in [5.74, 6) is 1.74. The van der Waals surface area contributed by atoms with Crippen LogP contribution in [0.15, 0.2) is 188 Å². The van der Waals surface area contributed by atoms with Gasteiger partial charge in [0.25, 0.3) is 0 Å². The molecule has 57 heavy (non-hydrogen) atoms. The van der Waals surface area contributed by atoms with E-state index in [0.29, 0.717) is 0 Å². The summed E-state index contributed by atoms with van der Waals surface area (Å²) in [6.07, 6.45) is 0. The van der Waals surface area contributed by atoms with E-state index in [9.17, 15) is 0 Å². The molecule has 0 fully saturated rings. The first-order chi connectivity index (χ1) is 28.3. The van der Waals surface area contributed by atoms with Crippen LogP contribution >= 0.6 is 0 Å². The van der Waals surface area contributed by atoms with Crippen molar-refractivity contribution >= 4 is 77.5 Å². The Hall–Kier alpha value is -7.90. The molecule has 7 heteroatoms. The first kappa shape index (κ1) is 30.4. The third kappa shape index (κ3) is 4.09. The van der Waals surface area contributed by atoms with Crippen LogP contribution in [-0.2, 0) is 0 Å². The van der Waals surface area contributed by atoms with Gasteiger partial charge in [0, 0.05) is 21.9 Å². The molecule has 0 N–H and O–H groups in total. The molecule has 0 radical (unpaired) electrons. The van der Waals surface area contributed by atoms with E-state index < -0.39 is 0 Å². The quantitative estimate of drug-likeness (QED) is 0.181. The lowest BCUT2D eigenvalue weighted by molar-refractivity contribution is 1.10. The summed E-state index contributed by atoms with van der Waals surface area (Å²) in [5, 5.41) is 2.48. The van der Waals surface area contributed by atoms with Crippen molar-refractivity contribution in [3.63, 3.8) is 0 Å². The van der Waals surface area contributed by atoms with Crippen LogP contribution in [0, 0.1) is 0 Å². The second-order valence-electron chi connectivity index (χ2n) is 14.7. The van der Waals surface area contributed by atoms with Crippen LogP contribution in [0.1, 0.15) is 0 Å². The van der Waals surface area contributed by atoms with Gasteiger partial charge in [-0.15, -0.1) is 0 Å². The molecule has 13 aromatic rings. The number of benzene rings is 8. The molecule has 0 aliphatic rings. The molecule has 5 aromatic heterocycles. The zero-order chi connectivity index (χ0) is 37.2. The summed E-state index contributed by atoms with van der Waals surface area (Å²) in [5.41, 5.74) is 16.3. The molecule has 0 aliphatic carbocycles. The Balaban J connectivity index is 1.10. The predicted octanol–water partition coefficient (Wildman–Crippen LogP) is 11.9. The van der Waals surface area contributed by atoms with Gasteiger partial charge in [0.05, 0.1) is 72.2 Å². The minimum Gasteiger partial charge on any atom is -0.309 e. The SMILES string of the molecule is c1ccc(-n2c3ccccc3c3ccccc32)c(-c2ccccc2-n2c3ccc(-n4c5ccccc5n5c6ccccc6nc45)cc3n3c4ccccc4nc23)c1. The molecule has 0 aliphatic heterocycles. The van der Waals surface area contributed by atoms with Gasteiger partial charge < -0.3 is 4.57 Å². The van der Waals surface area contributed by atoms with E-state index in [1.54, 1.807) is 0 Å². The fourth-order valence-electron chi connectivity index (χ4n) is 9.35. The lowest BCUT2D eigenvalue weighted by Gasteiger charge is -2.17. The predicted molar refractivity (Wildman–Crippen MR) is 232 cm³/mol. The lowest BCUT2D eigenvalue weighted by Crippen LogP contribution is -2.02. The van der Waals surface area contributed by atoms with E-state index in [4.69, 9.17) is 9.97 Å². The third-order valence-corrected chi connectivity index (χ3v) is 11.7. The van der Waals surface area contributed by atoms with Crippen molar-refractivity contribution in [2.24, 2.45) is 0 Å². The molecule has 0 unspecified atom stereocenters. The van der Waals surface area contributed by atoms with Gasteiger partial charge in [-0.05, 0) is 78.9 Å². The van der Waals surface area contributed by atoms with Gasteiger partial charge in [-0.25, -0.2) is 9.97 Å². The highest BCUT2D eigenvalue weighted by Gasteiger charge is 2.23. The van der Waals surface area contributed by atoms with E-state index in [-0.39, 0.29) is 0 Å². The fraction of sp³-hybridized carbons (Fsp3) is 0. The van der Waals surface area contributed by atoms with Gasteiger partial charge in [-0.1, -0.05) is 109 Å². The van der Waals surface area contributed by atoms with Crippen LogP contribution in [0.5, 0.6) is 0 Å². The highest BCUT2D eigenvalue weighted by molar-refractivity contribution is 6.10. The Morgan fingerprint density at radius 3 is 1.37 bits per heavy atom. The van der Waals surface area contributed by atoms with Crippen LogP contribution in [-0.4, -0.2) is 32.5 Å². The van der Waals surface area contributed by atoms with Crippen molar-refractivity contribution in [1.82, 2.24) is 32.5 Å². The van der Waals surface area contributed by atoms with E-state index >= 15 is 0 Å². The minimum absolute atomic E-state index is 0.860. The van der Waals surface area contributed by atoms with Crippen molar-refractivity contribution in [3.05, 3.63) is 188 Å². The Morgan fingerprint density at radius 2 is 0.737 bits per heavy atom. The highest BCUT2D eigenvalue weighted by atomic mass is 15.2. The van der Waals surface area contributed by atoms with Crippen molar-refractivity contribution < 1.29 is 0 Å². The molecule has 0 saturated heterocycles. The first-order valence-corrected chi connectivity index (χ1v) is 19.3. The Bertz CT molecular complexity index is 3720. The van der Waals surface area contributed by atoms with Crippen molar-refractivity contribution in [3.8, 4) is 28.2 Å². The highest BCUT2D eigenvalue weighted by Crippen LogP contribution is 2.40. The summed E-state index contributed by atoms with van der Waals surface area (Å²) >= 11 is 0. The Labute approximate surface area is 325 Å². The second kappa shape index (κ2) is 11.3. The van der Waals surface area contributed by atoms with Crippen LogP contribution < -0.4 is 0 Å². The molecule has 0 saturated carbocycles. The first-order valence-electron chi connectivity index (χ1n) is 19.3. The van der Waals surface area contributed by atoms with E-state index in [0.717, 1.165) is 83.9 Å². The number of para-hydroxylation sites is 10. The number of aromatic nitrogens is 7. The molecule has 0 bridgehead atoms. The van der Waals surface area contributed by atoms with Crippen LogP contribution in [0.25, 0.3) is 106 Å². The zero-order valence-electron chi connectivity index (χ0n) is 30.5. The van der Waals surface area contributed by atoms with Crippen LogP contribution in [0.4, 0.5) is 0 Å². The van der Waals surface area contributed by atoms with Gasteiger partial charge in [-0.3, -0.25) is 17.9 Å².